The summed E-state index contributed by atoms with van der Waals surface area (Å²) in [6, 6.07) is 6.40. The topological polar surface area (TPSA) is 102 Å². The van der Waals surface area contributed by atoms with E-state index in [2.05, 4.69) is 5.32 Å². The van der Waals surface area contributed by atoms with E-state index < -0.39 is 41.1 Å². The minimum Gasteiger partial charge on any atom is -0.368 e. The van der Waals surface area contributed by atoms with Gasteiger partial charge in [0.25, 0.3) is 0 Å². The number of nitrogens with two attached hydrogens (primary N) is 1. The van der Waals surface area contributed by atoms with Gasteiger partial charge in [-0.1, -0.05) is 11.6 Å². The first-order valence-electron chi connectivity index (χ1n) is 9.19. The van der Waals surface area contributed by atoms with Gasteiger partial charge in [-0.25, -0.2) is 9.18 Å². The number of piperazine rings is 1. The quantitative estimate of drug-likeness (QED) is 0.671. The Morgan fingerprint density at radius 3 is 2.50 bits per heavy atom. The molecule has 7 nitrogen and oxygen atoms in total. The number of halogens is 5. The SMILES string of the molecule is N#Cc1ccc(N2CCN(C(=O)Nc3ccc(F)c(Cl)c3)C(C(N)=O)C2)cc1C(F)(F)F. The van der Waals surface area contributed by atoms with Crippen molar-refractivity contribution in [1.29, 1.82) is 5.26 Å². The molecule has 1 aliphatic heterocycles. The summed E-state index contributed by atoms with van der Waals surface area (Å²) < 4.78 is 53.1. The zero-order valence-electron chi connectivity index (χ0n) is 16.3. The number of rotatable bonds is 3. The number of benzene rings is 2. The fourth-order valence-corrected chi connectivity index (χ4v) is 3.51. The average Bonchev–Trinajstić information content (AvgIpc) is 2.74. The number of carbonyl (C=O) groups is 2. The number of nitrogens with one attached hydrogen (secondary N) is 1. The summed E-state index contributed by atoms with van der Waals surface area (Å²) >= 11 is 5.69. The fourth-order valence-electron chi connectivity index (χ4n) is 3.33. The van der Waals surface area contributed by atoms with Crippen LogP contribution in [0.15, 0.2) is 36.4 Å². The van der Waals surface area contributed by atoms with Crippen LogP contribution in [0.25, 0.3) is 0 Å². The highest BCUT2D eigenvalue weighted by atomic mass is 35.5. The molecule has 3 amide bonds. The number of primary amides is 1. The van der Waals surface area contributed by atoms with Crippen molar-refractivity contribution in [2.24, 2.45) is 5.73 Å². The minimum absolute atomic E-state index is 0.0320. The molecule has 0 aromatic heterocycles. The van der Waals surface area contributed by atoms with E-state index in [1.807, 2.05) is 0 Å². The van der Waals surface area contributed by atoms with Crippen LogP contribution in [0.5, 0.6) is 0 Å². The lowest BCUT2D eigenvalue weighted by atomic mass is 10.0. The summed E-state index contributed by atoms with van der Waals surface area (Å²) in [7, 11) is 0. The van der Waals surface area contributed by atoms with E-state index in [1.165, 1.54) is 29.2 Å². The number of amides is 3. The molecular weight excluding hydrogens is 454 g/mol. The number of urea groups is 1. The van der Waals surface area contributed by atoms with Crippen molar-refractivity contribution in [2.75, 3.05) is 29.9 Å². The van der Waals surface area contributed by atoms with Gasteiger partial charge in [-0.2, -0.15) is 18.4 Å². The summed E-state index contributed by atoms with van der Waals surface area (Å²) in [5, 5.41) is 11.2. The summed E-state index contributed by atoms with van der Waals surface area (Å²) in [6.07, 6.45) is -4.73. The van der Waals surface area contributed by atoms with E-state index in [0.29, 0.717) is 0 Å². The van der Waals surface area contributed by atoms with Gasteiger partial charge >= 0.3 is 12.2 Å². The number of alkyl halides is 3. The highest BCUT2D eigenvalue weighted by molar-refractivity contribution is 6.31. The zero-order chi connectivity index (χ0) is 23.6. The number of hydrogen-bond donors (Lipinski definition) is 2. The molecule has 3 rings (SSSR count). The van der Waals surface area contributed by atoms with Gasteiger partial charge in [-0.15, -0.1) is 0 Å². The van der Waals surface area contributed by atoms with Crippen LogP contribution in [-0.2, 0) is 11.0 Å². The molecule has 1 heterocycles. The summed E-state index contributed by atoms with van der Waals surface area (Å²) in [5.74, 6) is -1.53. The predicted molar refractivity (Wildman–Crippen MR) is 108 cm³/mol. The molecule has 1 saturated heterocycles. The van der Waals surface area contributed by atoms with Crippen LogP contribution < -0.4 is 16.0 Å². The third-order valence-corrected chi connectivity index (χ3v) is 5.22. The van der Waals surface area contributed by atoms with E-state index in [-0.39, 0.29) is 36.0 Å². The van der Waals surface area contributed by atoms with E-state index in [4.69, 9.17) is 22.6 Å². The molecule has 0 radical (unpaired) electrons. The van der Waals surface area contributed by atoms with Crippen molar-refractivity contribution in [3.8, 4) is 6.07 Å². The molecule has 0 saturated carbocycles. The van der Waals surface area contributed by atoms with E-state index >= 15 is 0 Å². The van der Waals surface area contributed by atoms with Crippen LogP contribution in [-0.4, -0.2) is 42.5 Å². The van der Waals surface area contributed by atoms with Gasteiger partial charge in [0.05, 0.1) is 22.2 Å². The minimum atomic E-state index is -4.73. The highest BCUT2D eigenvalue weighted by Gasteiger charge is 2.37. The van der Waals surface area contributed by atoms with Crippen LogP contribution in [0.1, 0.15) is 11.1 Å². The Kier molecular flexibility index (Phi) is 6.45. The molecule has 2 aromatic rings. The van der Waals surface area contributed by atoms with Crippen LogP contribution in [0.3, 0.4) is 0 Å². The van der Waals surface area contributed by atoms with Crippen LogP contribution >= 0.6 is 11.6 Å². The fraction of sp³-hybridized carbons (Fsp3) is 0.250. The monoisotopic (exact) mass is 469 g/mol. The molecule has 1 aliphatic rings. The summed E-state index contributed by atoms with van der Waals surface area (Å²) in [5.41, 5.74) is 4.14. The van der Waals surface area contributed by atoms with Gasteiger partial charge in [0.2, 0.25) is 5.91 Å². The van der Waals surface area contributed by atoms with E-state index in [0.717, 1.165) is 23.1 Å². The average molecular weight is 470 g/mol. The normalized spacial score (nSPS) is 16.4. The maximum Gasteiger partial charge on any atom is 0.417 e. The van der Waals surface area contributed by atoms with Crippen LogP contribution in [0.2, 0.25) is 5.02 Å². The van der Waals surface area contributed by atoms with Crippen molar-refractivity contribution in [2.45, 2.75) is 12.2 Å². The first-order chi connectivity index (χ1) is 15.0. The Morgan fingerprint density at radius 1 is 1.19 bits per heavy atom. The maximum absolute atomic E-state index is 13.3. The van der Waals surface area contributed by atoms with Gasteiger partial charge in [-0.3, -0.25) is 4.79 Å². The maximum atomic E-state index is 13.3. The lowest BCUT2D eigenvalue weighted by Crippen LogP contribution is -2.60. The molecule has 168 valence electrons. The smallest absolute Gasteiger partial charge is 0.368 e. The standard InChI is InChI=1S/C20H16ClF4N5O2/c21-15-7-12(2-4-16(15)22)28-19(32)30-6-5-29(10-17(30)18(27)31)13-3-1-11(9-26)14(8-13)20(23,24)25/h1-4,7-8,17H,5-6,10H2,(H2,27,31)(H,28,32). The van der Waals surface area contributed by atoms with Gasteiger partial charge in [0.1, 0.15) is 11.9 Å². The van der Waals surface area contributed by atoms with Crippen molar-refractivity contribution in [3.05, 3.63) is 58.4 Å². The van der Waals surface area contributed by atoms with E-state index in [1.54, 1.807) is 0 Å². The summed E-state index contributed by atoms with van der Waals surface area (Å²) in [4.78, 5) is 27.3. The van der Waals surface area contributed by atoms with Crippen molar-refractivity contribution < 1.29 is 27.2 Å². The van der Waals surface area contributed by atoms with Crippen LogP contribution in [0.4, 0.5) is 33.7 Å². The molecule has 2 aromatic carbocycles. The van der Waals surface area contributed by atoms with Crippen molar-refractivity contribution >= 4 is 34.9 Å². The lowest BCUT2D eigenvalue weighted by Gasteiger charge is -2.41. The Hall–Kier alpha value is -3.52. The van der Waals surface area contributed by atoms with E-state index in [9.17, 15) is 27.2 Å². The molecular formula is C20H16ClF4N5O2. The molecule has 32 heavy (non-hydrogen) atoms. The number of carbonyl (C=O) groups excluding carboxylic acids is 2. The molecule has 1 fully saturated rings. The second-order valence-electron chi connectivity index (χ2n) is 6.96. The van der Waals surface area contributed by atoms with Gasteiger partial charge in [0, 0.05) is 31.0 Å². The number of nitriles is 1. The second-order valence-corrected chi connectivity index (χ2v) is 7.36. The Morgan fingerprint density at radius 2 is 1.91 bits per heavy atom. The Balaban J connectivity index is 1.81. The third-order valence-electron chi connectivity index (χ3n) is 4.93. The summed E-state index contributed by atoms with van der Waals surface area (Å²) in [6.45, 7) is -0.0869. The van der Waals surface area contributed by atoms with Crippen molar-refractivity contribution in [3.63, 3.8) is 0 Å². The first kappa shape index (κ1) is 23.1. The van der Waals surface area contributed by atoms with Crippen LogP contribution in [0, 0.1) is 17.1 Å². The van der Waals surface area contributed by atoms with Gasteiger partial charge in [-0.05, 0) is 36.4 Å². The van der Waals surface area contributed by atoms with Gasteiger partial charge < -0.3 is 20.9 Å². The van der Waals surface area contributed by atoms with Crippen molar-refractivity contribution in [1.82, 2.24) is 4.90 Å². The predicted octanol–water partition coefficient (Wildman–Crippen LogP) is 3.58. The molecule has 12 heteroatoms. The zero-order valence-corrected chi connectivity index (χ0v) is 17.0. The molecule has 0 bridgehead atoms. The molecule has 1 atom stereocenters. The third kappa shape index (κ3) is 4.86. The number of hydrogen-bond acceptors (Lipinski definition) is 4. The molecule has 0 aliphatic carbocycles. The Labute approximate surface area is 184 Å². The molecule has 0 spiro atoms. The molecule has 1 unspecified atom stereocenters. The number of nitrogens with zero attached hydrogens (tertiary/aromatic N) is 3. The first-order valence-corrected chi connectivity index (χ1v) is 9.57. The Bertz CT molecular complexity index is 1100. The largest absolute Gasteiger partial charge is 0.417 e. The highest BCUT2D eigenvalue weighted by Crippen LogP contribution is 2.35. The lowest BCUT2D eigenvalue weighted by molar-refractivity contribution is -0.137. The number of anilines is 2. The van der Waals surface area contributed by atoms with Gasteiger partial charge in [0.15, 0.2) is 0 Å². The second kappa shape index (κ2) is 8.92. The molecule has 3 N–H and O–H groups in total.